The van der Waals surface area contributed by atoms with Crippen LogP contribution in [-0.2, 0) is 4.79 Å². The predicted octanol–water partition coefficient (Wildman–Crippen LogP) is 3.57. The van der Waals surface area contributed by atoms with Gasteiger partial charge < -0.3 is 15.3 Å². The van der Waals surface area contributed by atoms with E-state index in [-0.39, 0.29) is 5.91 Å². The van der Waals surface area contributed by atoms with E-state index in [1.807, 2.05) is 24.3 Å². The Hall–Kier alpha value is -3.87. The Labute approximate surface area is 147 Å². The Balaban J connectivity index is 1.50. The van der Waals surface area contributed by atoms with Gasteiger partial charge in [-0.25, -0.2) is 4.98 Å². The van der Waals surface area contributed by atoms with Gasteiger partial charge >= 0.3 is 0 Å². The maximum Gasteiger partial charge on any atom is 0.248 e. The molecular formula is C19H14N6O. The lowest BCUT2D eigenvalue weighted by atomic mass is 10.1. The molecule has 0 bridgehead atoms. The fraction of sp³-hybridized carbons (Fsp3) is 0. The lowest BCUT2D eigenvalue weighted by Crippen LogP contribution is -2.07. The number of carbonyl (C=O) groups is 1. The number of amides is 1. The number of anilines is 1. The van der Waals surface area contributed by atoms with Gasteiger partial charge in [-0.05, 0) is 24.3 Å². The minimum atomic E-state index is -0.205. The predicted molar refractivity (Wildman–Crippen MR) is 102 cm³/mol. The molecule has 0 aliphatic heterocycles. The van der Waals surface area contributed by atoms with E-state index in [1.54, 1.807) is 24.8 Å². The zero-order chi connectivity index (χ0) is 17.5. The van der Waals surface area contributed by atoms with Gasteiger partial charge in [0, 0.05) is 39.6 Å². The fourth-order valence-electron chi connectivity index (χ4n) is 3.16. The molecule has 0 atom stereocenters. The van der Waals surface area contributed by atoms with E-state index in [4.69, 9.17) is 0 Å². The molecule has 7 nitrogen and oxygen atoms in total. The average Bonchev–Trinajstić information content (AvgIpc) is 3.38. The van der Waals surface area contributed by atoms with E-state index < -0.39 is 0 Å². The van der Waals surface area contributed by atoms with Crippen LogP contribution < -0.4 is 5.32 Å². The van der Waals surface area contributed by atoms with E-state index in [2.05, 4.69) is 36.5 Å². The topological polar surface area (TPSA) is 102 Å². The quantitative estimate of drug-likeness (QED) is 0.377. The number of nitrogens with one attached hydrogen (secondary N) is 4. The first-order chi connectivity index (χ1) is 12.8. The lowest BCUT2D eigenvalue weighted by molar-refractivity contribution is -0.111. The molecule has 0 fully saturated rings. The number of aromatic amines is 3. The van der Waals surface area contributed by atoms with Crippen molar-refractivity contribution in [2.45, 2.75) is 0 Å². The number of aromatic nitrogens is 5. The number of fused-ring (bicyclic) bond motifs is 5. The van der Waals surface area contributed by atoms with Crippen LogP contribution in [0.1, 0.15) is 5.69 Å². The Morgan fingerprint density at radius 3 is 2.96 bits per heavy atom. The van der Waals surface area contributed by atoms with Crippen molar-refractivity contribution in [2.24, 2.45) is 0 Å². The van der Waals surface area contributed by atoms with Crippen molar-refractivity contribution in [1.29, 1.82) is 0 Å². The monoisotopic (exact) mass is 342 g/mol. The number of hydrogen-bond donors (Lipinski definition) is 4. The highest BCUT2D eigenvalue weighted by Crippen LogP contribution is 2.31. The third-order valence-electron chi connectivity index (χ3n) is 4.38. The van der Waals surface area contributed by atoms with Crippen LogP contribution in [0.2, 0.25) is 0 Å². The second-order valence-electron chi connectivity index (χ2n) is 6.02. The van der Waals surface area contributed by atoms with E-state index in [0.717, 1.165) is 38.4 Å². The molecule has 0 aliphatic carbocycles. The maximum absolute atomic E-state index is 12.1. The first-order valence-corrected chi connectivity index (χ1v) is 8.13. The molecule has 5 aromatic rings. The number of H-pyrrole nitrogens is 3. The molecule has 0 saturated carbocycles. The molecule has 4 N–H and O–H groups in total. The highest BCUT2D eigenvalue weighted by molar-refractivity contribution is 6.16. The molecule has 2 aromatic carbocycles. The van der Waals surface area contributed by atoms with Gasteiger partial charge in [0.1, 0.15) is 0 Å². The molecule has 3 aromatic heterocycles. The average molecular weight is 342 g/mol. The van der Waals surface area contributed by atoms with Gasteiger partial charge in [-0.1, -0.05) is 12.1 Å². The van der Waals surface area contributed by atoms with Gasteiger partial charge in [-0.3, -0.25) is 9.89 Å². The van der Waals surface area contributed by atoms with E-state index in [1.165, 1.54) is 6.08 Å². The van der Waals surface area contributed by atoms with Gasteiger partial charge in [0.25, 0.3) is 0 Å². The molecule has 0 spiro atoms. The number of nitrogens with zero attached hydrogens (tertiary/aromatic N) is 2. The summed E-state index contributed by atoms with van der Waals surface area (Å²) in [5, 5.41) is 13.2. The number of hydrogen-bond acceptors (Lipinski definition) is 3. The van der Waals surface area contributed by atoms with E-state index in [9.17, 15) is 4.79 Å². The van der Waals surface area contributed by atoms with Crippen LogP contribution in [0.15, 0.2) is 55.1 Å². The van der Waals surface area contributed by atoms with Crippen LogP contribution >= 0.6 is 0 Å². The summed E-state index contributed by atoms with van der Waals surface area (Å²) < 4.78 is 0. The Morgan fingerprint density at radius 2 is 2.08 bits per heavy atom. The summed E-state index contributed by atoms with van der Waals surface area (Å²) in [6.45, 7) is 0. The molecule has 0 aliphatic rings. The van der Waals surface area contributed by atoms with Crippen molar-refractivity contribution >= 4 is 50.4 Å². The van der Waals surface area contributed by atoms with Crippen molar-refractivity contribution < 1.29 is 4.79 Å². The molecule has 7 heteroatoms. The second-order valence-corrected chi connectivity index (χ2v) is 6.02. The summed E-state index contributed by atoms with van der Waals surface area (Å²) in [6.07, 6.45) is 8.21. The molecule has 26 heavy (non-hydrogen) atoms. The first-order valence-electron chi connectivity index (χ1n) is 8.13. The van der Waals surface area contributed by atoms with Crippen molar-refractivity contribution in [3.63, 3.8) is 0 Å². The molecule has 5 rings (SSSR count). The SMILES string of the molecule is O=C(C=Cc1c[nH]cn1)Nc1ccc2[nH]c3c(ccc4cn[nH]c43)c2c1. The van der Waals surface area contributed by atoms with Gasteiger partial charge in [0.05, 0.1) is 29.3 Å². The first kappa shape index (κ1) is 14.5. The summed E-state index contributed by atoms with van der Waals surface area (Å²) in [5.74, 6) is -0.205. The summed E-state index contributed by atoms with van der Waals surface area (Å²) >= 11 is 0. The van der Waals surface area contributed by atoms with E-state index >= 15 is 0 Å². The number of imidazole rings is 1. The Morgan fingerprint density at radius 1 is 1.12 bits per heavy atom. The van der Waals surface area contributed by atoms with Crippen LogP contribution in [0.3, 0.4) is 0 Å². The van der Waals surface area contributed by atoms with Gasteiger partial charge in [0.2, 0.25) is 5.91 Å². The highest BCUT2D eigenvalue weighted by atomic mass is 16.1. The van der Waals surface area contributed by atoms with Crippen molar-refractivity contribution in [2.75, 3.05) is 5.32 Å². The third kappa shape index (κ3) is 2.34. The summed E-state index contributed by atoms with van der Waals surface area (Å²) in [7, 11) is 0. The smallest absolute Gasteiger partial charge is 0.248 e. The number of benzene rings is 2. The molecule has 3 heterocycles. The van der Waals surface area contributed by atoms with Crippen LogP contribution in [0.25, 0.3) is 38.8 Å². The second kappa shape index (κ2) is 5.59. The largest absolute Gasteiger partial charge is 0.353 e. The lowest BCUT2D eigenvalue weighted by Gasteiger charge is -2.02. The summed E-state index contributed by atoms with van der Waals surface area (Å²) in [5.41, 5.74) is 4.44. The molecule has 1 amide bonds. The van der Waals surface area contributed by atoms with Crippen LogP contribution in [0, 0.1) is 0 Å². The van der Waals surface area contributed by atoms with Crippen molar-refractivity contribution in [3.8, 4) is 0 Å². The molecule has 0 saturated heterocycles. The maximum atomic E-state index is 12.1. The Kier molecular flexibility index (Phi) is 3.11. The third-order valence-corrected chi connectivity index (χ3v) is 4.38. The minimum absolute atomic E-state index is 0.205. The zero-order valence-corrected chi connectivity index (χ0v) is 13.6. The van der Waals surface area contributed by atoms with Crippen LogP contribution in [0.5, 0.6) is 0 Å². The van der Waals surface area contributed by atoms with E-state index in [0.29, 0.717) is 5.69 Å². The minimum Gasteiger partial charge on any atom is -0.353 e. The van der Waals surface area contributed by atoms with Gasteiger partial charge in [-0.2, -0.15) is 5.10 Å². The molecular weight excluding hydrogens is 328 g/mol. The highest BCUT2D eigenvalue weighted by Gasteiger charge is 2.10. The van der Waals surface area contributed by atoms with Crippen molar-refractivity contribution in [3.05, 3.63) is 60.8 Å². The Bertz CT molecular complexity index is 1280. The van der Waals surface area contributed by atoms with Crippen LogP contribution in [-0.4, -0.2) is 31.1 Å². The fourth-order valence-corrected chi connectivity index (χ4v) is 3.16. The van der Waals surface area contributed by atoms with Crippen molar-refractivity contribution in [1.82, 2.24) is 25.1 Å². The molecule has 126 valence electrons. The summed E-state index contributed by atoms with van der Waals surface area (Å²) in [6, 6.07) is 9.91. The zero-order valence-electron chi connectivity index (χ0n) is 13.6. The van der Waals surface area contributed by atoms with Gasteiger partial charge in [-0.15, -0.1) is 0 Å². The number of carbonyl (C=O) groups excluding carboxylic acids is 1. The number of rotatable bonds is 3. The van der Waals surface area contributed by atoms with Crippen LogP contribution in [0.4, 0.5) is 5.69 Å². The standard InChI is InChI=1S/C19H14N6O/c26-17(6-3-13-9-20-10-21-13)23-12-2-5-16-15(7-12)14-4-1-11-8-22-25-18(11)19(14)24-16/h1-10,24H,(H,20,21)(H,22,25)(H,23,26). The normalized spacial score (nSPS) is 11.8. The summed E-state index contributed by atoms with van der Waals surface area (Å²) in [4.78, 5) is 22.4. The van der Waals surface area contributed by atoms with Gasteiger partial charge in [0.15, 0.2) is 0 Å². The molecule has 0 radical (unpaired) electrons. The molecule has 0 unspecified atom stereocenters.